The van der Waals surface area contributed by atoms with Gasteiger partial charge in [-0.05, 0) is 19.1 Å². The molecule has 1 fully saturated rings. The Morgan fingerprint density at radius 2 is 1.93 bits per heavy atom. The predicted octanol–water partition coefficient (Wildman–Crippen LogP) is 3.55. The molecule has 0 atom stereocenters. The fraction of sp³-hybridized carbons (Fsp3) is 0.435. The molecule has 7 heteroatoms. The number of ether oxygens (including phenoxy) is 1. The van der Waals surface area contributed by atoms with Crippen molar-refractivity contribution in [3.8, 4) is 5.75 Å². The van der Waals surface area contributed by atoms with Crippen LogP contribution in [0, 0.1) is 6.92 Å². The Morgan fingerprint density at radius 1 is 1.17 bits per heavy atom. The smallest absolute Gasteiger partial charge is 0.227 e. The predicted molar refractivity (Wildman–Crippen MR) is 116 cm³/mol. The summed E-state index contributed by atoms with van der Waals surface area (Å²) < 4.78 is 10.9. The van der Waals surface area contributed by atoms with Gasteiger partial charge in [-0.1, -0.05) is 13.8 Å². The van der Waals surface area contributed by atoms with E-state index in [-0.39, 0.29) is 11.8 Å². The van der Waals surface area contributed by atoms with E-state index in [1.54, 1.807) is 13.4 Å². The molecule has 0 unspecified atom stereocenters. The summed E-state index contributed by atoms with van der Waals surface area (Å²) in [7, 11) is 1.63. The molecule has 4 rings (SSSR count). The maximum absolute atomic E-state index is 12.9. The number of aromatic nitrogens is 2. The summed E-state index contributed by atoms with van der Waals surface area (Å²) in [5, 5.41) is 0.959. The van der Waals surface area contributed by atoms with E-state index in [4.69, 9.17) is 14.1 Å². The van der Waals surface area contributed by atoms with Gasteiger partial charge in [0.25, 0.3) is 0 Å². The first-order chi connectivity index (χ1) is 14.4. The largest absolute Gasteiger partial charge is 0.497 e. The van der Waals surface area contributed by atoms with Crippen LogP contribution in [0.1, 0.15) is 36.8 Å². The second-order valence-corrected chi connectivity index (χ2v) is 8.05. The maximum atomic E-state index is 12.9. The molecule has 0 radical (unpaired) electrons. The Balaban J connectivity index is 1.40. The number of rotatable bonds is 5. The van der Waals surface area contributed by atoms with E-state index in [1.165, 1.54) is 0 Å². The molecule has 0 bridgehead atoms. The van der Waals surface area contributed by atoms with Crippen LogP contribution in [0.25, 0.3) is 11.0 Å². The topological polar surface area (TPSA) is 71.7 Å². The molecule has 7 nitrogen and oxygen atoms in total. The van der Waals surface area contributed by atoms with Crippen molar-refractivity contribution in [1.29, 1.82) is 0 Å². The zero-order valence-electron chi connectivity index (χ0n) is 18.0. The summed E-state index contributed by atoms with van der Waals surface area (Å²) in [6.07, 6.45) is 2.01. The average molecular weight is 409 g/mol. The number of carbonyl (C=O) groups is 1. The van der Waals surface area contributed by atoms with Crippen molar-refractivity contribution in [3.05, 3.63) is 47.6 Å². The highest BCUT2D eigenvalue weighted by atomic mass is 16.5. The third-order valence-electron chi connectivity index (χ3n) is 5.54. The van der Waals surface area contributed by atoms with Crippen LogP contribution in [0.3, 0.4) is 0 Å². The molecule has 3 heterocycles. The molecule has 0 N–H and O–H groups in total. The highest BCUT2D eigenvalue weighted by Crippen LogP contribution is 2.26. The van der Waals surface area contributed by atoms with E-state index in [2.05, 4.69) is 23.7 Å². The van der Waals surface area contributed by atoms with Crippen LogP contribution in [0.4, 0.5) is 5.82 Å². The first-order valence-corrected chi connectivity index (χ1v) is 10.4. The number of furan rings is 1. The van der Waals surface area contributed by atoms with E-state index < -0.39 is 0 Å². The highest BCUT2D eigenvalue weighted by molar-refractivity contribution is 5.88. The summed E-state index contributed by atoms with van der Waals surface area (Å²) in [5.74, 6) is 2.97. The number of aryl methyl sites for hydroxylation is 1. The second-order valence-electron chi connectivity index (χ2n) is 8.05. The van der Waals surface area contributed by atoms with Crippen molar-refractivity contribution in [3.63, 3.8) is 0 Å². The van der Waals surface area contributed by atoms with E-state index >= 15 is 0 Å². The normalized spacial score (nSPS) is 14.6. The number of fused-ring (bicyclic) bond motifs is 1. The van der Waals surface area contributed by atoms with Crippen molar-refractivity contribution < 1.29 is 13.9 Å². The summed E-state index contributed by atoms with van der Waals surface area (Å²) in [6.45, 7) is 9.11. The van der Waals surface area contributed by atoms with Crippen molar-refractivity contribution in [2.75, 3.05) is 38.2 Å². The fourth-order valence-electron chi connectivity index (χ4n) is 3.78. The van der Waals surface area contributed by atoms with E-state index in [0.29, 0.717) is 19.5 Å². The van der Waals surface area contributed by atoms with Gasteiger partial charge in [-0.2, -0.15) is 0 Å². The number of methoxy groups -OCH3 is 1. The summed E-state index contributed by atoms with van der Waals surface area (Å²) in [4.78, 5) is 26.3. The van der Waals surface area contributed by atoms with E-state index in [1.807, 2.05) is 36.1 Å². The molecule has 0 spiro atoms. The van der Waals surface area contributed by atoms with Gasteiger partial charge < -0.3 is 19.0 Å². The van der Waals surface area contributed by atoms with Crippen molar-refractivity contribution in [2.24, 2.45) is 0 Å². The van der Waals surface area contributed by atoms with Gasteiger partial charge in [0.05, 0.1) is 19.8 Å². The molecule has 1 aliphatic rings. The first-order valence-electron chi connectivity index (χ1n) is 10.4. The molecule has 0 saturated carbocycles. The molecule has 1 saturated heterocycles. The molecule has 158 valence electrons. The van der Waals surface area contributed by atoms with Crippen LogP contribution in [0.5, 0.6) is 5.75 Å². The van der Waals surface area contributed by atoms with E-state index in [0.717, 1.165) is 52.7 Å². The third kappa shape index (κ3) is 4.10. The highest BCUT2D eigenvalue weighted by Gasteiger charge is 2.24. The third-order valence-corrected chi connectivity index (χ3v) is 5.54. The Labute approximate surface area is 176 Å². The second kappa shape index (κ2) is 8.34. The number of hydrogen-bond donors (Lipinski definition) is 0. The molecule has 2 aromatic heterocycles. The Hall–Kier alpha value is -3.09. The zero-order chi connectivity index (χ0) is 21.3. The van der Waals surface area contributed by atoms with Gasteiger partial charge in [-0.3, -0.25) is 4.79 Å². The quantitative estimate of drug-likeness (QED) is 0.643. The summed E-state index contributed by atoms with van der Waals surface area (Å²) in [6, 6.07) is 7.70. The minimum absolute atomic E-state index is 0.120. The standard InChI is InChI=1S/C23H28N4O3/c1-15(2)23-24-16(3)11-21(25-23)26-7-9-27(10-8-26)22(28)12-17-14-30-20-13-18(29-4)5-6-19(17)20/h5-6,11,13-15H,7-10,12H2,1-4H3. The number of nitrogens with zero attached hydrogens (tertiary/aromatic N) is 4. The number of piperazine rings is 1. The average Bonchev–Trinajstić information content (AvgIpc) is 3.15. The van der Waals surface area contributed by atoms with Crippen LogP contribution in [0.15, 0.2) is 34.9 Å². The van der Waals surface area contributed by atoms with Gasteiger partial charge in [0.2, 0.25) is 5.91 Å². The molecular formula is C23H28N4O3. The number of benzene rings is 1. The molecule has 1 aromatic carbocycles. The monoisotopic (exact) mass is 408 g/mol. The Kier molecular flexibility index (Phi) is 5.61. The minimum Gasteiger partial charge on any atom is -0.497 e. The van der Waals surface area contributed by atoms with Gasteiger partial charge in [-0.15, -0.1) is 0 Å². The maximum Gasteiger partial charge on any atom is 0.227 e. The SMILES string of the molecule is COc1ccc2c(CC(=O)N3CCN(c4cc(C)nc(C(C)C)n4)CC3)coc2c1. The van der Waals surface area contributed by atoms with Gasteiger partial charge in [0.1, 0.15) is 23.0 Å². The lowest BCUT2D eigenvalue weighted by Crippen LogP contribution is -2.49. The van der Waals surface area contributed by atoms with Gasteiger partial charge >= 0.3 is 0 Å². The van der Waals surface area contributed by atoms with Crippen molar-refractivity contribution in [1.82, 2.24) is 14.9 Å². The lowest BCUT2D eigenvalue weighted by Gasteiger charge is -2.35. The lowest BCUT2D eigenvalue weighted by molar-refractivity contribution is -0.130. The first kappa shape index (κ1) is 20.2. The molecule has 1 amide bonds. The summed E-state index contributed by atoms with van der Waals surface area (Å²) >= 11 is 0. The van der Waals surface area contributed by atoms with Crippen molar-refractivity contribution >= 4 is 22.7 Å². The fourth-order valence-corrected chi connectivity index (χ4v) is 3.78. The van der Waals surface area contributed by atoms with E-state index in [9.17, 15) is 4.79 Å². The number of hydrogen-bond acceptors (Lipinski definition) is 6. The Bertz CT molecular complexity index is 1050. The molecule has 3 aromatic rings. The lowest BCUT2D eigenvalue weighted by atomic mass is 10.1. The number of carbonyl (C=O) groups excluding carboxylic acids is 1. The number of anilines is 1. The summed E-state index contributed by atoms with van der Waals surface area (Å²) in [5.41, 5.74) is 2.63. The minimum atomic E-state index is 0.120. The van der Waals surface area contributed by atoms with Gasteiger partial charge in [0, 0.05) is 60.9 Å². The van der Waals surface area contributed by atoms with Crippen LogP contribution in [-0.2, 0) is 11.2 Å². The van der Waals surface area contributed by atoms with Crippen LogP contribution >= 0.6 is 0 Å². The van der Waals surface area contributed by atoms with Crippen LogP contribution in [0.2, 0.25) is 0 Å². The molecule has 0 aliphatic carbocycles. The molecular weight excluding hydrogens is 380 g/mol. The van der Waals surface area contributed by atoms with Crippen molar-refractivity contribution in [2.45, 2.75) is 33.1 Å². The zero-order valence-corrected chi connectivity index (χ0v) is 18.0. The molecule has 30 heavy (non-hydrogen) atoms. The molecule has 1 aliphatic heterocycles. The van der Waals surface area contributed by atoms with Crippen LogP contribution in [-0.4, -0.2) is 54.1 Å². The van der Waals surface area contributed by atoms with Crippen LogP contribution < -0.4 is 9.64 Å². The van der Waals surface area contributed by atoms with Gasteiger partial charge in [-0.25, -0.2) is 9.97 Å². The Morgan fingerprint density at radius 3 is 2.63 bits per heavy atom. The van der Waals surface area contributed by atoms with Gasteiger partial charge in [0.15, 0.2) is 0 Å². The number of amides is 1.